The molecule has 5 unspecified atom stereocenters. The van der Waals surface area contributed by atoms with E-state index in [0.717, 1.165) is 93.8 Å². The van der Waals surface area contributed by atoms with Crippen LogP contribution in [0.1, 0.15) is 230 Å². The van der Waals surface area contributed by atoms with Crippen molar-refractivity contribution in [3.05, 3.63) is 0 Å². The topological polar surface area (TPSA) is 201 Å². The van der Waals surface area contributed by atoms with Crippen molar-refractivity contribution < 1.29 is 49.5 Å². The summed E-state index contributed by atoms with van der Waals surface area (Å²) in [5.74, 6) is -1.53. The van der Waals surface area contributed by atoms with Crippen LogP contribution in [0.25, 0.3) is 0 Å². The first-order chi connectivity index (χ1) is 30.2. The molecule has 0 bridgehead atoms. The Morgan fingerprint density at radius 2 is 0.364 bits per heavy atom. The van der Waals surface area contributed by atoms with Gasteiger partial charge in [-0.2, -0.15) is 63.1 Å². The number of aliphatic carboxylic acids is 5. The molecule has 0 N–H and O–H groups in total. The molecule has 0 rings (SSSR count). The largest absolute Gasteiger partial charge is 5.00 e. The number of carboxylic acids is 5. The number of carbonyl (C=O) groups excluding carboxylic acids is 5. The van der Waals surface area contributed by atoms with Gasteiger partial charge in [0.1, 0.15) is 0 Å². The van der Waals surface area contributed by atoms with Crippen molar-refractivity contribution in [2.24, 2.45) is 29.6 Å². The minimum Gasteiger partial charge on any atom is -0.549 e. The van der Waals surface area contributed by atoms with Crippen molar-refractivity contribution in [1.82, 2.24) is 0 Å². The summed E-state index contributed by atoms with van der Waals surface area (Å²) in [4.78, 5) is 51.4. The summed E-state index contributed by atoms with van der Waals surface area (Å²) in [6.45, 7) is 22.0. The van der Waals surface area contributed by atoms with Crippen LogP contribution in [0.3, 0.4) is 0 Å². The summed E-state index contributed by atoms with van der Waals surface area (Å²) in [6, 6.07) is 0. The van der Waals surface area contributed by atoms with E-state index in [1.165, 1.54) is 64.2 Å². The third kappa shape index (κ3) is 70.5. The Kier molecular flexibility index (Phi) is 63.6. The van der Waals surface area contributed by atoms with Crippen LogP contribution in [0.15, 0.2) is 0 Å². The van der Waals surface area contributed by atoms with Gasteiger partial charge in [0.15, 0.2) is 0 Å². The maximum Gasteiger partial charge on any atom is 5.00 e. The molecule has 0 aromatic heterocycles. The number of carboxylic acid groups (broad SMARTS) is 5. The van der Waals surface area contributed by atoms with Gasteiger partial charge in [0, 0.05) is 26.2 Å². The molecule has 0 aromatic rings. The predicted octanol–water partition coefficient (Wildman–Crippen LogP) is 7.83. The van der Waals surface area contributed by atoms with Crippen molar-refractivity contribution in [2.75, 3.05) is 0 Å². The Morgan fingerprint density at radius 3 is 0.455 bits per heavy atom. The summed E-state index contributed by atoms with van der Waals surface area (Å²) in [5.41, 5.74) is 0. The maximum absolute atomic E-state index is 10.3. The molecule has 5 atom stereocenters. The van der Waals surface area contributed by atoms with Gasteiger partial charge in [0.05, 0.1) is 29.8 Å². The summed E-state index contributed by atoms with van der Waals surface area (Å²) in [7, 11) is 0. The minimum absolute atomic E-state index is 0. The fourth-order valence-corrected chi connectivity index (χ4v) is 6.84. The third-order valence-electron chi connectivity index (χ3n) is 10.2. The molecule has 10 nitrogen and oxygen atoms in total. The third-order valence-corrected chi connectivity index (χ3v) is 12.5. The SMILES string of the molecule is CC(C)CCCCCC(S)C(=O)[O-].CC(C)CCCCCC(S)C(=O)[O-].CC(C)CCCCCC(S)C(=O)[O-].CC(C)CCCCCC(S)C(=O)[O-].CC(C)CCCCCC(S)C(=O)[O-].[Sb+5]. The molecule has 390 valence electrons. The van der Waals surface area contributed by atoms with Gasteiger partial charge in [-0.3, -0.25) is 0 Å². The first-order valence-corrected chi connectivity index (χ1v) is 27.2. The van der Waals surface area contributed by atoms with Crippen LogP contribution >= 0.6 is 63.1 Å². The zero-order valence-electron chi connectivity index (χ0n) is 42.7. The van der Waals surface area contributed by atoms with Gasteiger partial charge in [-0.25, -0.2) is 0 Å². The van der Waals surface area contributed by atoms with Gasteiger partial charge < -0.3 is 49.5 Å². The van der Waals surface area contributed by atoms with E-state index in [-0.39, 0.29) is 24.4 Å². The fraction of sp³-hybridized carbons (Fsp3) is 0.900. The molecular formula is C50H95O10S5Sb. The fourth-order valence-electron chi connectivity index (χ4n) is 5.92. The second-order valence-electron chi connectivity index (χ2n) is 19.3. The first kappa shape index (κ1) is 77.4. The zero-order valence-corrected chi connectivity index (χ0v) is 49.7. The monoisotopic (exact) mass is 1140 g/mol. The second kappa shape index (κ2) is 54.3. The summed E-state index contributed by atoms with van der Waals surface area (Å²) < 4.78 is 0. The van der Waals surface area contributed by atoms with Gasteiger partial charge in [-0.15, -0.1) is 0 Å². The zero-order chi connectivity index (χ0) is 51.3. The van der Waals surface area contributed by atoms with E-state index in [1.54, 1.807) is 0 Å². The quantitative estimate of drug-likeness (QED) is 0.0237. The predicted molar refractivity (Wildman–Crippen MR) is 284 cm³/mol. The molecule has 0 fully saturated rings. The van der Waals surface area contributed by atoms with Crippen molar-refractivity contribution in [2.45, 2.75) is 256 Å². The van der Waals surface area contributed by atoms with Gasteiger partial charge in [0.2, 0.25) is 0 Å². The molecule has 0 aliphatic heterocycles. The van der Waals surface area contributed by atoms with Crippen LogP contribution in [0.2, 0.25) is 0 Å². The molecule has 0 aliphatic rings. The average molecular weight is 1140 g/mol. The van der Waals surface area contributed by atoms with Crippen LogP contribution in [0, 0.1) is 29.6 Å². The Hall–Kier alpha value is -0.0818. The number of hydrogen-bond acceptors (Lipinski definition) is 15. The van der Waals surface area contributed by atoms with E-state index in [9.17, 15) is 49.5 Å². The van der Waals surface area contributed by atoms with E-state index >= 15 is 0 Å². The number of carbonyl (C=O) groups is 5. The molecule has 16 heteroatoms. The maximum atomic E-state index is 10.3. The van der Waals surface area contributed by atoms with Crippen LogP contribution in [0.5, 0.6) is 0 Å². The summed E-state index contributed by atoms with van der Waals surface area (Å²) >= 11 is 19.5. The average Bonchev–Trinajstić information content (AvgIpc) is 3.19. The summed E-state index contributed by atoms with van der Waals surface area (Å²) in [6.07, 6.45) is 25.4. The molecule has 0 spiro atoms. The number of rotatable bonds is 35. The van der Waals surface area contributed by atoms with Gasteiger partial charge >= 0.3 is 24.4 Å². The molecular weight excluding hydrogens is 1040 g/mol. The standard InChI is InChI=1S/5C10H20O2S.Sb/c5*1-8(2)6-4-3-5-7-9(13)10(11)12;/h5*8-9,13H,3-7H2,1-2H3,(H,11,12);/q;;;;;+5/p-5. The van der Waals surface area contributed by atoms with Gasteiger partial charge in [0.25, 0.3) is 0 Å². The summed E-state index contributed by atoms with van der Waals surface area (Å²) in [5, 5.41) is 48.5. The van der Waals surface area contributed by atoms with Crippen molar-refractivity contribution in [1.29, 1.82) is 0 Å². The Morgan fingerprint density at radius 1 is 0.258 bits per heavy atom. The molecule has 0 aliphatic carbocycles. The van der Waals surface area contributed by atoms with Crippen LogP contribution in [-0.4, -0.2) is 80.5 Å². The van der Waals surface area contributed by atoms with Crippen molar-refractivity contribution >= 4 is 117 Å². The van der Waals surface area contributed by atoms with E-state index in [2.05, 4.69) is 132 Å². The molecule has 0 saturated heterocycles. The smallest absolute Gasteiger partial charge is 0.549 e. The Bertz CT molecular complexity index is 934. The van der Waals surface area contributed by atoms with Crippen molar-refractivity contribution in [3.8, 4) is 0 Å². The number of hydrogen-bond donors (Lipinski definition) is 5. The van der Waals surface area contributed by atoms with Gasteiger partial charge in [-0.05, 0) is 61.7 Å². The van der Waals surface area contributed by atoms with Crippen molar-refractivity contribution in [3.63, 3.8) is 0 Å². The Balaban J connectivity index is -0.000000170. The normalized spacial score (nSPS) is 13.0. The number of unbranched alkanes of at least 4 members (excludes halogenated alkanes) is 10. The van der Waals surface area contributed by atoms with E-state index in [1.807, 2.05) is 0 Å². The first-order valence-electron chi connectivity index (χ1n) is 24.6. The molecule has 0 saturated carbocycles. The molecule has 0 aromatic carbocycles. The van der Waals surface area contributed by atoms with Gasteiger partial charge in [-0.1, -0.05) is 198 Å². The molecule has 0 amide bonds. The Labute approximate surface area is 449 Å². The van der Waals surface area contributed by atoms with Crippen LogP contribution in [0.4, 0.5) is 0 Å². The second-order valence-corrected chi connectivity index (χ2v) is 22.5. The van der Waals surface area contributed by atoms with E-state index in [4.69, 9.17) is 0 Å². The van der Waals surface area contributed by atoms with Crippen LogP contribution in [-0.2, 0) is 24.0 Å². The van der Waals surface area contributed by atoms with E-state index in [0.29, 0.717) is 32.1 Å². The molecule has 0 heterocycles. The van der Waals surface area contributed by atoms with E-state index < -0.39 is 56.1 Å². The number of thiol groups is 5. The minimum atomic E-state index is -1.05. The molecule has 0 radical (unpaired) electrons. The van der Waals surface area contributed by atoms with Crippen LogP contribution < -0.4 is 25.5 Å². The molecule has 66 heavy (non-hydrogen) atoms.